The Bertz CT molecular complexity index is 158. The largest absolute Gasteiger partial charge is 0.383 e. The lowest BCUT2D eigenvalue weighted by atomic mass is 10.0. The van der Waals surface area contributed by atoms with Crippen molar-refractivity contribution < 1.29 is 4.74 Å². The van der Waals surface area contributed by atoms with E-state index in [0.29, 0.717) is 12.0 Å². The molecule has 0 aromatic rings. The average molecular weight is 231 g/mol. The fraction of sp³-hybridized carbons (Fsp3) is 1.00. The summed E-state index contributed by atoms with van der Waals surface area (Å²) in [4.78, 5) is 0. The van der Waals surface area contributed by atoms with Gasteiger partial charge in [-0.05, 0) is 42.7 Å². The number of methoxy groups -OCH3 is 1. The van der Waals surface area contributed by atoms with E-state index in [1.165, 1.54) is 30.9 Å². The quantitative estimate of drug-likeness (QED) is 0.758. The van der Waals surface area contributed by atoms with E-state index in [4.69, 9.17) is 4.74 Å². The van der Waals surface area contributed by atoms with Crippen LogP contribution in [0.25, 0.3) is 0 Å². The standard InChI is InChI=1S/C12H25NOS/c1-10(2)12(9-14-3)13-8-11-4-6-15-7-5-11/h10-13H,4-9H2,1-3H3. The number of nitrogens with one attached hydrogen (secondary N) is 1. The molecule has 0 saturated carbocycles. The molecule has 0 aromatic carbocycles. The van der Waals surface area contributed by atoms with Gasteiger partial charge in [-0.3, -0.25) is 0 Å². The minimum atomic E-state index is 0.518. The van der Waals surface area contributed by atoms with Crippen molar-refractivity contribution in [1.82, 2.24) is 5.32 Å². The van der Waals surface area contributed by atoms with E-state index in [2.05, 4.69) is 30.9 Å². The fourth-order valence-corrected chi connectivity index (χ4v) is 3.14. The lowest BCUT2D eigenvalue weighted by Crippen LogP contribution is -2.40. The van der Waals surface area contributed by atoms with E-state index >= 15 is 0 Å². The summed E-state index contributed by atoms with van der Waals surface area (Å²) in [6.07, 6.45) is 2.77. The topological polar surface area (TPSA) is 21.3 Å². The number of hydrogen-bond acceptors (Lipinski definition) is 3. The highest BCUT2D eigenvalue weighted by atomic mass is 32.2. The monoisotopic (exact) mass is 231 g/mol. The Hall–Kier alpha value is 0.270. The van der Waals surface area contributed by atoms with Gasteiger partial charge in [-0.25, -0.2) is 0 Å². The Balaban J connectivity index is 2.19. The van der Waals surface area contributed by atoms with E-state index in [9.17, 15) is 0 Å². The van der Waals surface area contributed by atoms with Crippen LogP contribution in [0.1, 0.15) is 26.7 Å². The molecular formula is C12H25NOS. The van der Waals surface area contributed by atoms with Gasteiger partial charge in [0.1, 0.15) is 0 Å². The SMILES string of the molecule is COCC(NCC1CCSCC1)C(C)C. The van der Waals surface area contributed by atoms with Crippen molar-refractivity contribution in [3.05, 3.63) is 0 Å². The molecule has 15 heavy (non-hydrogen) atoms. The van der Waals surface area contributed by atoms with Gasteiger partial charge in [0, 0.05) is 13.2 Å². The Morgan fingerprint density at radius 3 is 2.53 bits per heavy atom. The Morgan fingerprint density at radius 2 is 2.00 bits per heavy atom. The van der Waals surface area contributed by atoms with Crippen LogP contribution >= 0.6 is 11.8 Å². The zero-order chi connectivity index (χ0) is 11.1. The van der Waals surface area contributed by atoms with Crippen molar-refractivity contribution in [1.29, 1.82) is 0 Å². The molecule has 0 amide bonds. The summed E-state index contributed by atoms with van der Waals surface area (Å²) in [5.41, 5.74) is 0. The van der Waals surface area contributed by atoms with Gasteiger partial charge < -0.3 is 10.1 Å². The van der Waals surface area contributed by atoms with E-state index in [-0.39, 0.29) is 0 Å². The van der Waals surface area contributed by atoms with Crippen molar-refractivity contribution in [2.75, 3.05) is 31.8 Å². The summed E-state index contributed by atoms with van der Waals surface area (Å²) in [5.74, 6) is 4.25. The van der Waals surface area contributed by atoms with E-state index in [1.807, 2.05) is 0 Å². The third-order valence-electron chi connectivity index (χ3n) is 3.16. The van der Waals surface area contributed by atoms with Crippen molar-refractivity contribution >= 4 is 11.8 Å². The van der Waals surface area contributed by atoms with Crippen molar-refractivity contribution in [3.8, 4) is 0 Å². The summed E-state index contributed by atoms with van der Waals surface area (Å²) in [6, 6.07) is 0.518. The molecule has 1 rings (SSSR count). The zero-order valence-corrected chi connectivity index (χ0v) is 11.1. The summed E-state index contributed by atoms with van der Waals surface area (Å²) >= 11 is 2.10. The Labute approximate surface area is 98.5 Å². The number of rotatable bonds is 6. The van der Waals surface area contributed by atoms with E-state index in [0.717, 1.165) is 12.5 Å². The number of thioether (sulfide) groups is 1. The lowest BCUT2D eigenvalue weighted by molar-refractivity contribution is 0.144. The first kappa shape index (κ1) is 13.3. The molecule has 0 bridgehead atoms. The summed E-state index contributed by atoms with van der Waals surface area (Å²) in [5, 5.41) is 3.66. The van der Waals surface area contributed by atoms with Gasteiger partial charge in [-0.2, -0.15) is 11.8 Å². The zero-order valence-electron chi connectivity index (χ0n) is 10.3. The first-order valence-electron chi connectivity index (χ1n) is 6.04. The second kappa shape index (κ2) is 7.53. The first-order chi connectivity index (χ1) is 7.24. The van der Waals surface area contributed by atoms with Crippen LogP contribution in [0.5, 0.6) is 0 Å². The minimum absolute atomic E-state index is 0.518. The number of ether oxygens (including phenoxy) is 1. The third kappa shape index (κ3) is 5.23. The molecule has 0 aliphatic carbocycles. The summed E-state index contributed by atoms with van der Waals surface area (Å²) in [6.45, 7) is 6.52. The van der Waals surface area contributed by atoms with Gasteiger partial charge in [-0.15, -0.1) is 0 Å². The van der Waals surface area contributed by atoms with Gasteiger partial charge in [-0.1, -0.05) is 13.8 Å². The molecular weight excluding hydrogens is 206 g/mol. The molecule has 3 heteroatoms. The van der Waals surface area contributed by atoms with Gasteiger partial charge >= 0.3 is 0 Å². The highest BCUT2D eigenvalue weighted by molar-refractivity contribution is 7.99. The maximum Gasteiger partial charge on any atom is 0.0618 e. The second-order valence-electron chi connectivity index (χ2n) is 4.77. The molecule has 1 heterocycles. The van der Waals surface area contributed by atoms with Crippen molar-refractivity contribution in [3.63, 3.8) is 0 Å². The second-order valence-corrected chi connectivity index (χ2v) is 5.99. The Kier molecular flexibility index (Phi) is 6.69. The molecule has 1 saturated heterocycles. The van der Waals surface area contributed by atoms with Crippen LogP contribution in [0.15, 0.2) is 0 Å². The maximum atomic E-state index is 5.24. The number of hydrogen-bond donors (Lipinski definition) is 1. The average Bonchev–Trinajstić information content (AvgIpc) is 2.25. The first-order valence-corrected chi connectivity index (χ1v) is 7.19. The van der Waals surface area contributed by atoms with Crippen LogP contribution in [0, 0.1) is 11.8 Å². The minimum Gasteiger partial charge on any atom is -0.383 e. The molecule has 1 aliphatic heterocycles. The predicted molar refractivity (Wildman–Crippen MR) is 68.6 cm³/mol. The molecule has 1 N–H and O–H groups in total. The van der Waals surface area contributed by atoms with Crippen LogP contribution < -0.4 is 5.32 Å². The summed E-state index contributed by atoms with van der Waals surface area (Å²) in [7, 11) is 1.79. The smallest absolute Gasteiger partial charge is 0.0618 e. The van der Waals surface area contributed by atoms with Gasteiger partial charge in [0.25, 0.3) is 0 Å². The fourth-order valence-electron chi connectivity index (χ4n) is 1.94. The molecule has 1 atom stereocenters. The molecule has 1 unspecified atom stereocenters. The molecule has 90 valence electrons. The van der Waals surface area contributed by atoms with E-state index in [1.54, 1.807) is 7.11 Å². The molecule has 0 spiro atoms. The van der Waals surface area contributed by atoms with E-state index < -0.39 is 0 Å². The predicted octanol–water partition coefficient (Wildman–Crippen LogP) is 2.39. The molecule has 1 aliphatic rings. The third-order valence-corrected chi connectivity index (χ3v) is 4.21. The van der Waals surface area contributed by atoms with Crippen LogP contribution in [0.4, 0.5) is 0 Å². The van der Waals surface area contributed by atoms with Gasteiger partial charge in [0.15, 0.2) is 0 Å². The molecule has 0 radical (unpaired) electrons. The maximum absolute atomic E-state index is 5.24. The molecule has 2 nitrogen and oxygen atoms in total. The lowest BCUT2D eigenvalue weighted by Gasteiger charge is -2.27. The van der Waals surface area contributed by atoms with Crippen molar-refractivity contribution in [2.45, 2.75) is 32.7 Å². The van der Waals surface area contributed by atoms with Crippen molar-refractivity contribution in [2.24, 2.45) is 11.8 Å². The molecule has 1 fully saturated rings. The van der Waals surface area contributed by atoms with Crippen LogP contribution in [0.3, 0.4) is 0 Å². The van der Waals surface area contributed by atoms with Crippen LogP contribution in [0.2, 0.25) is 0 Å². The van der Waals surface area contributed by atoms with Gasteiger partial charge in [0.05, 0.1) is 6.61 Å². The highest BCUT2D eigenvalue weighted by Crippen LogP contribution is 2.22. The molecule has 0 aromatic heterocycles. The van der Waals surface area contributed by atoms with Gasteiger partial charge in [0.2, 0.25) is 0 Å². The summed E-state index contributed by atoms with van der Waals surface area (Å²) < 4.78 is 5.24. The normalized spacial score (nSPS) is 20.8. The van der Waals surface area contributed by atoms with Crippen LogP contribution in [-0.4, -0.2) is 37.8 Å². The highest BCUT2D eigenvalue weighted by Gasteiger charge is 2.17. The van der Waals surface area contributed by atoms with Crippen LogP contribution in [-0.2, 0) is 4.74 Å². The Morgan fingerprint density at radius 1 is 1.33 bits per heavy atom.